The molecule has 1 saturated heterocycles. The summed E-state index contributed by atoms with van der Waals surface area (Å²) in [6.45, 7) is 7.77. The Morgan fingerprint density at radius 2 is 1.79 bits per heavy atom. The first-order valence-electron chi connectivity index (χ1n) is 8.51. The number of amides is 1. The number of carbonyl (C=O) groups is 1. The molecule has 3 rings (SSSR count). The van der Waals surface area contributed by atoms with Crippen LogP contribution in [0.1, 0.15) is 22.8 Å². The Kier molecular flexibility index (Phi) is 5.04. The number of piperazine rings is 1. The minimum atomic E-state index is 0.122. The monoisotopic (exact) mass is 324 g/mol. The number of ether oxygens (including phenoxy) is 1. The summed E-state index contributed by atoms with van der Waals surface area (Å²) in [5.74, 6) is 1.04. The molecular weight excluding hydrogens is 300 g/mol. The lowest BCUT2D eigenvalue weighted by Crippen LogP contribution is -2.48. The third kappa shape index (κ3) is 3.53. The maximum Gasteiger partial charge on any atom is 0.253 e. The highest BCUT2D eigenvalue weighted by atomic mass is 16.5. The van der Waals surface area contributed by atoms with Gasteiger partial charge in [-0.15, -0.1) is 0 Å². The van der Waals surface area contributed by atoms with Gasteiger partial charge in [0.2, 0.25) is 0 Å². The number of carbonyl (C=O) groups excluding carboxylic acids is 1. The van der Waals surface area contributed by atoms with E-state index in [-0.39, 0.29) is 5.91 Å². The summed E-state index contributed by atoms with van der Waals surface area (Å²) >= 11 is 0. The molecule has 2 aromatic carbocycles. The van der Waals surface area contributed by atoms with Gasteiger partial charge in [-0.25, -0.2) is 0 Å². The van der Waals surface area contributed by atoms with Crippen molar-refractivity contribution < 1.29 is 9.53 Å². The minimum Gasteiger partial charge on any atom is -0.492 e. The van der Waals surface area contributed by atoms with Crippen LogP contribution in [0.3, 0.4) is 0 Å². The Hall–Kier alpha value is -2.49. The van der Waals surface area contributed by atoms with Crippen LogP contribution in [0.25, 0.3) is 0 Å². The van der Waals surface area contributed by atoms with Crippen molar-refractivity contribution in [1.82, 2.24) is 4.90 Å². The van der Waals surface area contributed by atoms with E-state index >= 15 is 0 Å². The molecule has 1 heterocycles. The van der Waals surface area contributed by atoms with Crippen LogP contribution in [-0.4, -0.2) is 43.6 Å². The molecule has 0 aromatic heterocycles. The van der Waals surface area contributed by atoms with Gasteiger partial charge >= 0.3 is 0 Å². The quantitative estimate of drug-likeness (QED) is 0.864. The zero-order valence-corrected chi connectivity index (χ0v) is 14.4. The second-order valence-electron chi connectivity index (χ2n) is 6.05. The molecular formula is C20H24N2O2. The van der Waals surface area contributed by atoms with Crippen molar-refractivity contribution in [1.29, 1.82) is 0 Å². The molecule has 4 nitrogen and oxygen atoms in total. The smallest absolute Gasteiger partial charge is 0.253 e. The van der Waals surface area contributed by atoms with Crippen molar-refractivity contribution in [3.63, 3.8) is 0 Å². The number of anilines is 1. The van der Waals surface area contributed by atoms with Crippen molar-refractivity contribution in [3.05, 3.63) is 59.7 Å². The highest BCUT2D eigenvalue weighted by Crippen LogP contribution is 2.29. The maximum atomic E-state index is 12.6. The highest BCUT2D eigenvalue weighted by molar-refractivity contribution is 5.94. The Balaban J connectivity index is 1.67. The molecule has 0 saturated carbocycles. The SMILES string of the molecule is CCOc1ccccc1N1CCN(C(=O)c2cccc(C)c2)CC1. The number of hydrogen-bond acceptors (Lipinski definition) is 3. The van der Waals surface area contributed by atoms with Crippen LogP contribution in [0.4, 0.5) is 5.69 Å². The van der Waals surface area contributed by atoms with E-state index in [9.17, 15) is 4.79 Å². The minimum absolute atomic E-state index is 0.122. The van der Waals surface area contributed by atoms with Gasteiger partial charge < -0.3 is 14.5 Å². The molecule has 1 fully saturated rings. The van der Waals surface area contributed by atoms with Gasteiger partial charge in [-0.3, -0.25) is 4.79 Å². The zero-order valence-electron chi connectivity index (χ0n) is 14.4. The standard InChI is InChI=1S/C20H24N2O2/c1-3-24-19-10-5-4-9-18(19)21-11-13-22(14-12-21)20(23)17-8-6-7-16(2)15-17/h4-10,15H,3,11-14H2,1-2H3. The van der Waals surface area contributed by atoms with Crippen LogP contribution < -0.4 is 9.64 Å². The lowest BCUT2D eigenvalue weighted by molar-refractivity contribution is 0.0746. The zero-order chi connectivity index (χ0) is 16.9. The van der Waals surface area contributed by atoms with Gasteiger partial charge in [0.05, 0.1) is 12.3 Å². The van der Waals surface area contributed by atoms with E-state index in [0.717, 1.165) is 48.7 Å². The van der Waals surface area contributed by atoms with Gasteiger partial charge in [0.15, 0.2) is 0 Å². The number of aryl methyl sites for hydroxylation is 1. The summed E-state index contributed by atoms with van der Waals surface area (Å²) in [4.78, 5) is 16.9. The summed E-state index contributed by atoms with van der Waals surface area (Å²) in [5.41, 5.74) is 3.00. The van der Waals surface area contributed by atoms with Crippen molar-refractivity contribution in [3.8, 4) is 5.75 Å². The maximum absolute atomic E-state index is 12.6. The largest absolute Gasteiger partial charge is 0.492 e. The first kappa shape index (κ1) is 16.4. The van der Waals surface area contributed by atoms with E-state index in [1.54, 1.807) is 0 Å². The number of rotatable bonds is 4. The van der Waals surface area contributed by atoms with Crippen LogP contribution >= 0.6 is 0 Å². The number of hydrogen-bond donors (Lipinski definition) is 0. The van der Waals surface area contributed by atoms with Gasteiger partial charge in [-0.1, -0.05) is 29.8 Å². The summed E-state index contributed by atoms with van der Waals surface area (Å²) in [6, 6.07) is 15.9. The molecule has 0 atom stereocenters. The van der Waals surface area contributed by atoms with Crippen molar-refractivity contribution in [2.24, 2.45) is 0 Å². The molecule has 0 N–H and O–H groups in total. The Morgan fingerprint density at radius 3 is 2.50 bits per heavy atom. The summed E-state index contributed by atoms with van der Waals surface area (Å²) < 4.78 is 5.72. The third-order valence-corrected chi connectivity index (χ3v) is 4.34. The molecule has 2 aromatic rings. The molecule has 126 valence electrons. The first-order valence-corrected chi connectivity index (χ1v) is 8.51. The van der Waals surface area contributed by atoms with E-state index in [1.165, 1.54) is 0 Å². The lowest BCUT2D eigenvalue weighted by Gasteiger charge is -2.36. The predicted molar refractivity (Wildman–Crippen MR) is 96.9 cm³/mol. The molecule has 0 bridgehead atoms. The second-order valence-corrected chi connectivity index (χ2v) is 6.05. The van der Waals surface area contributed by atoms with Crippen molar-refractivity contribution in [2.45, 2.75) is 13.8 Å². The topological polar surface area (TPSA) is 32.8 Å². The molecule has 0 radical (unpaired) electrons. The normalized spacial score (nSPS) is 14.6. The fourth-order valence-electron chi connectivity index (χ4n) is 3.11. The number of benzene rings is 2. The van der Waals surface area contributed by atoms with Crippen molar-refractivity contribution >= 4 is 11.6 Å². The highest BCUT2D eigenvalue weighted by Gasteiger charge is 2.23. The molecule has 0 spiro atoms. The van der Waals surface area contributed by atoms with Gasteiger partial charge in [-0.05, 0) is 38.1 Å². The number of para-hydroxylation sites is 2. The van der Waals surface area contributed by atoms with Gasteiger partial charge in [0.25, 0.3) is 5.91 Å². The van der Waals surface area contributed by atoms with E-state index in [2.05, 4.69) is 11.0 Å². The number of nitrogens with zero attached hydrogens (tertiary/aromatic N) is 2. The molecule has 1 amide bonds. The van der Waals surface area contributed by atoms with E-state index < -0.39 is 0 Å². The van der Waals surface area contributed by atoms with Crippen LogP contribution in [0.15, 0.2) is 48.5 Å². The van der Waals surface area contributed by atoms with Crippen LogP contribution in [0, 0.1) is 6.92 Å². The van der Waals surface area contributed by atoms with Crippen molar-refractivity contribution in [2.75, 3.05) is 37.7 Å². The predicted octanol–water partition coefficient (Wildman–Crippen LogP) is 3.36. The van der Waals surface area contributed by atoms with Gasteiger partial charge in [0, 0.05) is 31.7 Å². The van der Waals surface area contributed by atoms with Crippen LogP contribution in [0.5, 0.6) is 5.75 Å². The fourth-order valence-corrected chi connectivity index (χ4v) is 3.11. The van der Waals surface area contributed by atoms with E-state index in [0.29, 0.717) is 6.61 Å². The van der Waals surface area contributed by atoms with E-state index in [4.69, 9.17) is 4.74 Å². The summed E-state index contributed by atoms with van der Waals surface area (Å²) in [5, 5.41) is 0. The molecule has 1 aliphatic heterocycles. The van der Waals surface area contributed by atoms with Gasteiger partial charge in [0.1, 0.15) is 5.75 Å². The van der Waals surface area contributed by atoms with Crippen LogP contribution in [0.2, 0.25) is 0 Å². The average molecular weight is 324 g/mol. The summed E-state index contributed by atoms with van der Waals surface area (Å²) in [6.07, 6.45) is 0. The fraction of sp³-hybridized carbons (Fsp3) is 0.350. The molecule has 1 aliphatic rings. The Bertz CT molecular complexity index is 706. The Morgan fingerprint density at radius 1 is 1.04 bits per heavy atom. The third-order valence-electron chi connectivity index (χ3n) is 4.34. The molecule has 0 aliphatic carbocycles. The van der Waals surface area contributed by atoms with Crippen LogP contribution in [-0.2, 0) is 0 Å². The lowest BCUT2D eigenvalue weighted by atomic mass is 10.1. The summed E-state index contributed by atoms with van der Waals surface area (Å²) in [7, 11) is 0. The average Bonchev–Trinajstić information content (AvgIpc) is 2.62. The second kappa shape index (κ2) is 7.39. The van der Waals surface area contributed by atoms with Gasteiger partial charge in [-0.2, -0.15) is 0 Å². The molecule has 0 unspecified atom stereocenters. The first-order chi connectivity index (χ1) is 11.7. The molecule has 24 heavy (non-hydrogen) atoms. The van der Waals surface area contributed by atoms with E-state index in [1.807, 2.05) is 61.2 Å². The molecule has 4 heteroatoms. The Labute approximate surface area is 143 Å².